The number of rotatable bonds is 5. The largest absolute Gasteiger partial charge is 0.465 e. The van der Waals surface area contributed by atoms with Gasteiger partial charge < -0.3 is 19.9 Å². The molecule has 0 aliphatic carbocycles. The SMILES string of the molecule is CCN1CCN(c2ccnc(C(=O)Nc3cccc(C(=O)OC)c3)c2)CC1. The Morgan fingerprint density at radius 2 is 1.93 bits per heavy atom. The number of benzene rings is 1. The maximum absolute atomic E-state index is 12.6. The molecule has 0 spiro atoms. The predicted octanol–water partition coefficient (Wildman–Crippen LogP) is 2.26. The van der Waals surface area contributed by atoms with E-state index < -0.39 is 5.97 Å². The molecule has 1 aromatic carbocycles. The van der Waals surface area contributed by atoms with E-state index in [1.807, 2.05) is 6.07 Å². The first-order chi connectivity index (χ1) is 13.1. The molecule has 1 aromatic heterocycles. The molecule has 1 saturated heterocycles. The molecule has 2 heterocycles. The maximum atomic E-state index is 12.6. The first-order valence-electron chi connectivity index (χ1n) is 9.04. The van der Waals surface area contributed by atoms with E-state index in [-0.39, 0.29) is 5.91 Å². The van der Waals surface area contributed by atoms with Crippen LogP contribution < -0.4 is 10.2 Å². The van der Waals surface area contributed by atoms with Gasteiger partial charge in [-0.05, 0) is 36.9 Å². The van der Waals surface area contributed by atoms with Crippen LogP contribution in [0.1, 0.15) is 27.8 Å². The van der Waals surface area contributed by atoms with Crippen molar-refractivity contribution >= 4 is 23.3 Å². The number of piperazine rings is 1. The average Bonchev–Trinajstić information content (AvgIpc) is 2.73. The molecule has 7 nitrogen and oxygen atoms in total. The molecule has 0 atom stereocenters. The summed E-state index contributed by atoms with van der Waals surface area (Å²) >= 11 is 0. The molecule has 1 amide bonds. The van der Waals surface area contributed by atoms with Gasteiger partial charge >= 0.3 is 5.97 Å². The van der Waals surface area contributed by atoms with Gasteiger partial charge in [0.2, 0.25) is 0 Å². The van der Waals surface area contributed by atoms with Gasteiger partial charge in [-0.15, -0.1) is 0 Å². The Morgan fingerprint density at radius 1 is 1.15 bits per heavy atom. The number of hydrogen-bond donors (Lipinski definition) is 1. The van der Waals surface area contributed by atoms with Gasteiger partial charge in [-0.3, -0.25) is 9.78 Å². The number of pyridine rings is 1. The second kappa shape index (κ2) is 8.64. The number of anilines is 2. The van der Waals surface area contributed by atoms with Gasteiger partial charge in [0.25, 0.3) is 5.91 Å². The fourth-order valence-electron chi connectivity index (χ4n) is 3.10. The zero-order valence-electron chi connectivity index (χ0n) is 15.6. The number of likely N-dealkylation sites (N-methyl/N-ethyl adjacent to an activating group) is 1. The number of ether oxygens (including phenoxy) is 1. The van der Waals surface area contributed by atoms with Crippen molar-refractivity contribution in [1.82, 2.24) is 9.88 Å². The summed E-state index contributed by atoms with van der Waals surface area (Å²) in [6, 6.07) is 10.4. The Kier molecular flexibility index (Phi) is 6.03. The van der Waals surface area contributed by atoms with Crippen LogP contribution in [0.2, 0.25) is 0 Å². The number of methoxy groups -OCH3 is 1. The van der Waals surface area contributed by atoms with E-state index in [2.05, 4.69) is 27.0 Å². The zero-order chi connectivity index (χ0) is 19.2. The number of esters is 1. The van der Waals surface area contributed by atoms with Gasteiger partial charge in [0.05, 0.1) is 12.7 Å². The molecule has 142 valence electrons. The summed E-state index contributed by atoms with van der Waals surface area (Å²) in [4.78, 5) is 33.1. The van der Waals surface area contributed by atoms with Crippen LogP contribution in [-0.2, 0) is 4.74 Å². The highest BCUT2D eigenvalue weighted by Gasteiger charge is 2.17. The molecule has 7 heteroatoms. The van der Waals surface area contributed by atoms with E-state index in [9.17, 15) is 9.59 Å². The minimum Gasteiger partial charge on any atom is -0.465 e. The van der Waals surface area contributed by atoms with Gasteiger partial charge in [0, 0.05) is 43.8 Å². The van der Waals surface area contributed by atoms with Crippen molar-refractivity contribution in [3.8, 4) is 0 Å². The molecule has 1 N–H and O–H groups in total. The lowest BCUT2D eigenvalue weighted by Gasteiger charge is -2.35. The van der Waals surface area contributed by atoms with E-state index >= 15 is 0 Å². The lowest BCUT2D eigenvalue weighted by molar-refractivity contribution is 0.0600. The minimum atomic E-state index is -0.447. The second-order valence-corrected chi connectivity index (χ2v) is 6.35. The zero-order valence-corrected chi connectivity index (χ0v) is 15.6. The maximum Gasteiger partial charge on any atom is 0.337 e. The standard InChI is InChI=1S/C20H24N4O3/c1-3-23-9-11-24(12-10-23)17-7-8-21-18(14-17)19(25)22-16-6-4-5-15(13-16)20(26)27-2/h4-8,13-14H,3,9-12H2,1-2H3,(H,22,25). The highest BCUT2D eigenvalue weighted by Crippen LogP contribution is 2.18. The quantitative estimate of drug-likeness (QED) is 0.816. The number of nitrogens with zero attached hydrogens (tertiary/aromatic N) is 3. The number of amides is 1. The van der Waals surface area contributed by atoms with Gasteiger partial charge in [-0.2, -0.15) is 0 Å². The van der Waals surface area contributed by atoms with E-state index in [0.29, 0.717) is 16.9 Å². The van der Waals surface area contributed by atoms with Crippen molar-refractivity contribution in [3.63, 3.8) is 0 Å². The lowest BCUT2D eigenvalue weighted by Crippen LogP contribution is -2.46. The van der Waals surface area contributed by atoms with Gasteiger partial charge in [0.15, 0.2) is 0 Å². The van der Waals surface area contributed by atoms with Crippen LogP contribution in [0.25, 0.3) is 0 Å². The normalized spacial score (nSPS) is 14.7. The van der Waals surface area contributed by atoms with Crippen LogP contribution in [0.4, 0.5) is 11.4 Å². The number of carbonyl (C=O) groups is 2. The van der Waals surface area contributed by atoms with Crippen LogP contribution in [0.3, 0.4) is 0 Å². The Hall–Kier alpha value is -2.93. The summed E-state index contributed by atoms with van der Waals surface area (Å²) in [5, 5.41) is 2.79. The van der Waals surface area contributed by atoms with Crippen LogP contribution in [-0.4, -0.2) is 61.6 Å². The molecule has 0 bridgehead atoms. The third-order valence-electron chi connectivity index (χ3n) is 4.70. The van der Waals surface area contributed by atoms with E-state index in [1.54, 1.807) is 36.5 Å². The lowest BCUT2D eigenvalue weighted by atomic mass is 10.2. The molecular weight excluding hydrogens is 344 g/mol. The molecule has 1 aliphatic rings. The number of carbonyl (C=O) groups excluding carboxylic acids is 2. The van der Waals surface area contributed by atoms with Gasteiger partial charge in [0.1, 0.15) is 5.69 Å². The molecule has 0 radical (unpaired) electrons. The molecular formula is C20H24N4O3. The molecule has 1 fully saturated rings. The Labute approximate surface area is 158 Å². The highest BCUT2D eigenvalue weighted by atomic mass is 16.5. The van der Waals surface area contributed by atoms with Crippen LogP contribution in [0, 0.1) is 0 Å². The minimum absolute atomic E-state index is 0.314. The fraction of sp³-hybridized carbons (Fsp3) is 0.350. The van der Waals surface area contributed by atoms with Crippen molar-refractivity contribution in [2.75, 3.05) is 50.1 Å². The fourth-order valence-corrected chi connectivity index (χ4v) is 3.10. The predicted molar refractivity (Wildman–Crippen MR) is 104 cm³/mol. The number of nitrogens with one attached hydrogen (secondary N) is 1. The van der Waals surface area contributed by atoms with Crippen LogP contribution >= 0.6 is 0 Å². The van der Waals surface area contributed by atoms with Crippen molar-refractivity contribution in [2.45, 2.75) is 6.92 Å². The molecule has 3 rings (SSSR count). The number of aromatic nitrogens is 1. The van der Waals surface area contributed by atoms with E-state index in [1.165, 1.54) is 7.11 Å². The third kappa shape index (κ3) is 4.62. The summed E-state index contributed by atoms with van der Waals surface area (Å²) in [7, 11) is 1.32. The Bertz CT molecular complexity index is 816. The summed E-state index contributed by atoms with van der Waals surface area (Å²) in [5.74, 6) is -0.761. The van der Waals surface area contributed by atoms with Crippen LogP contribution in [0.15, 0.2) is 42.6 Å². The van der Waals surface area contributed by atoms with E-state index in [0.717, 1.165) is 38.4 Å². The summed E-state index contributed by atoms with van der Waals surface area (Å²) in [6.45, 7) is 7.11. The first kappa shape index (κ1) is 18.8. The topological polar surface area (TPSA) is 74.8 Å². The van der Waals surface area contributed by atoms with E-state index in [4.69, 9.17) is 4.74 Å². The smallest absolute Gasteiger partial charge is 0.337 e. The first-order valence-corrected chi connectivity index (χ1v) is 9.04. The Balaban J connectivity index is 1.70. The number of hydrogen-bond acceptors (Lipinski definition) is 6. The second-order valence-electron chi connectivity index (χ2n) is 6.35. The Morgan fingerprint density at radius 3 is 2.63 bits per heavy atom. The summed E-state index contributed by atoms with van der Waals surface area (Å²) < 4.78 is 4.71. The average molecular weight is 368 g/mol. The van der Waals surface area contributed by atoms with Crippen molar-refractivity contribution < 1.29 is 14.3 Å². The summed E-state index contributed by atoms with van der Waals surface area (Å²) in [6.07, 6.45) is 1.65. The summed E-state index contributed by atoms with van der Waals surface area (Å²) in [5.41, 5.74) is 2.24. The van der Waals surface area contributed by atoms with Gasteiger partial charge in [-0.1, -0.05) is 13.0 Å². The molecule has 1 aliphatic heterocycles. The third-order valence-corrected chi connectivity index (χ3v) is 4.70. The molecule has 0 unspecified atom stereocenters. The molecule has 2 aromatic rings. The van der Waals surface area contributed by atoms with Crippen LogP contribution in [0.5, 0.6) is 0 Å². The highest BCUT2D eigenvalue weighted by molar-refractivity contribution is 6.04. The molecule has 0 saturated carbocycles. The monoisotopic (exact) mass is 368 g/mol. The molecule has 27 heavy (non-hydrogen) atoms. The van der Waals surface area contributed by atoms with Crippen molar-refractivity contribution in [3.05, 3.63) is 53.9 Å². The van der Waals surface area contributed by atoms with Gasteiger partial charge in [-0.25, -0.2) is 4.79 Å². The van der Waals surface area contributed by atoms with Crippen molar-refractivity contribution in [1.29, 1.82) is 0 Å². The van der Waals surface area contributed by atoms with Crippen molar-refractivity contribution in [2.24, 2.45) is 0 Å².